The van der Waals surface area contributed by atoms with Crippen molar-refractivity contribution in [2.75, 3.05) is 12.9 Å². The van der Waals surface area contributed by atoms with Gasteiger partial charge in [-0.05, 0) is 24.1 Å². The SMILES string of the molecule is Cn1ncc2cc(CCOS(C)(=O)=O)ccc21. The smallest absolute Gasteiger partial charge is 0.264 e. The van der Waals surface area contributed by atoms with Gasteiger partial charge >= 0.3 is 0 Å². The Kier molecular flexibility index (Phi) is 3.17. The Morgan fingerprint density at radius 1 is 1.41 bits per heavy atom. The van der Waals surface area contributed by atoms with Crippen molar-refractivity contribution in [3.05, 3.63) is 30.0 Å². The summed E-state index contributed by atoms with van der Waals surface area (Å²) in [6.45, 7) is 0.171. The van der Waals surface area contributed by atoms with Crippen LogP contribution in [0.3, 0.4) is 0 Å². The maximum absolute atomic E-state index is 10.8. The van der Waals surface area contributed by atoms with Crippen molar-refractivity contribution in [1.82, 2.24) is 9.78 Å². The van der Waals surface area contributed by atoms with E-state index in [0.717, 1.165) is 22.7 Å². The number of fused-ring (bicyclic) bond motifs is 1. The third-order valence-electron chi connectivity index (χ3n) is 2.50. The van der Waals surface area contributed by atoms with Gasteiger partial charge in [-0.2, -0.15) is 13.5 Å². The molecule has 0 aliphatic carbocycles. The van der Waals surface area contributed by atoms with E-state index in [1.165, 1.54) is 0 Å². The van der Waals surface area contributed by atoms with Crippen LogP contribution >= 0.6 is 0 Å². The molecule has 2 aromatic rings. The normalized spacial score (nSPS) is 12.1. The fourth-order valence-corrected chi connectivity index (χ4v) is 2.07. The lowest BCUT2D eigenvalue weighted by atomic mass is 10.1. The summed E-state index contributed by atoms with van der Waals surface area (Å²) in [5.74, 6) is 0. The quantitative estimate of drug-likeness (QED) is 0.766. The molecule has 5 nitrogen and oxygen atoms in total. The van der Waals surface area contributed by atoms with E-state index >= 15 is 0 Å². The molecule has 0 amide bonds. The van der Waals surface area contributed by atoms with E-state index in [-0.39, 0.29) is 6.61 Å². The Hall–Kier alpha value is -1.40. The Balaban J connectivity index is 2.09. The predicted octanol–water partition coefficient (Wildman–Crippen LogP) is 1.09. The van der Waals surface area contributed by atoms with Gasteiger partial charge in [0.15, 0.2) is 0 Å². The first-order valence-corrected chi connectivity index (χ1v) is 7.02. The molecule has 0 bridgehead atoms. The second kappa shape index (κ2) is 4.46. The van der Waals surface area contributed by atoms with Crippen LogP contribution in [0.2, 0.25) is 0 Å². The topological polar surface area (TPSA) is 61.2 Å². The third kappa shape index (κ3) is 3.04. The fraction of sp³-hybridized carbons (Fsp3) is 0.364. The van der Waals surface area contributed by atoms with Crippen LogP contribution < -0.4 is 0 Å². The van der Waals surface area contributed by atoms with E-state index in [0.29, 0.717) is 6.42 Å². The largest absolute Gasteiger partial charge is 0.270 e. The minimum Gasteiger partial charge on any atom is -0.270 e. The minimum absolute atomic E-state index is 0.171. The maximum Gasteiger partial charge on any atom is 0.264 e. The van der Waals surface area contributed by atoms with Gasteiger partial charge in [-0.3, -0.25) is 8.86 Å². The highest BCUT2D eigenvalue weighted by molar-refractivity contribution is 7.85. The molecular weight excluding hydrogens is 240 g/mol. The van der Waals surface area contributed by atoms with Crippen LogP contribution in [0.25, 0.3) is 10.9 Å². The lowest BCUT2D eigenvalue weighted by molar-refractivity contribution is 0.326. The number of hydrogen-bond acceptors (Lipinski definition) is 4. The van der Waals surface area contributed by atoms with Crippen LogP contribution in [0.5, 0.6) is 0 Å². The molecule has 6 heteroatoms. The standard InChI is InChI=1S/C11H14N2O3S/c1-13-11-4-3-9(7-10(11)8-12-13)5-6-16-17(2,14)15/h3-4,7-8H,5-6H2,1-2H3. The van der Waals surface area contributed by atoms with Crippen molar-refractivity contribution in [2.45, 2.75) is 6.42 Å². The molecule has 0 N–H and O–H groups in total. The maximum atomic E-state index is 10.8. The van der Waals surface area contributed by atoms with Crippen LogP contribution in [-0.4, -0.2) is 31.1 Å². The summed E-state index contributed by atoms with van der Waals surface area (Å²) in [6.07, 6.45) is 3.41. The van der Waals surface area contributed by atoms with E-state index in [2.05, 4.69) is 5.10 Å². The zero-order chi connectivity index (χ0) is 12.5. The summed E-state index contributed by atoms with van der Waals surface area (Å²) >= 11 is 0. The molecule has 0 aliphatic rings. The van der Waals surface area contributed by atoms with Crippen molar-refractivity contribution in [3.63, 3.8) is 0 Å². The molecule has 1 heterocycles. The molecule has 2 rings (SSSR count). The van der Waals surface area contributed by atoms with Gasteiger partial charge in [0.05, 0.1) is 24.6 Å². The van der Waals surface area contributed by atoms with Crippen LogP contribution in [0.4, 0.5) is 0 Å². The van der Waals surface area contributed by atoms with Crippen molar-refractivity contribution >= 4 is 21.0 Å². The van der Waals surface area contributed by atoms with Crippen LogP contribution in [0.1, 0.15) is 5.56 Å². The van der Waals surface area contributed by atoms with Crippen molar-refractivity contribution in [2.24, 2.45) is 7.05 Å². The minimum atomic E-state index is -3.35. The van der Waals surface area contributed by atoms with E-state index in [1.54, 1.807) is 10.9 Å². The molecule has 0 atom stereocenters. The monoisotopic (exact) mass is 254 g/mol. The van der Waals surface area contributed by atoms with Gasteiger partial charge in [0.1, 0.15) is 0 Å². The van der Waals surface area contributed by atoms with Crippen molar-refractivity contribution in [3.8, 4) is 0 Å². The van der Waals surface area contributed by atoms with Gasteiger partial charge in [0, 0.05) is 12.4 Å². The van der Waals surface area contributed by atoms with E-state index in [9.17, 15) is 8.42 Å². The summed E-state index contributed by atoms with van der Waals surface area (Å²) in [7, 11) is -1.47. The Bertz CT molecular complexity index is 631. The van der Waals surface area contributed by atoms with Crippen LogP contribution in [0, 0.1) is 0 Å². The number of nitrogens with zero attached hydrogens (tertiary/aromatic N) is 2. The Labute approximate surface area is 100 Å². The molecule has 0 saturated carbocycles. The molecule has 0 fully saturated rings. The highest BCUT2D eigenvalue weighted by atomic mass is 32.2. The van der Waals surface area contributed by atoms with Crippen molar-refractivity contribution in [1.29, 1.82) is 0 Å². The third-order valence-corrected chi connectivity index (χ3v) is 3.09. The number of aryl methyl sites for hydroxylation is 1. The Morgan fingerprint density at radius 2 is 2.18 bits per heavy atom. The Morgan fingerprint density at radius 3 is 2.88 bits per heavy atom. The zero-order valence-electron chi connectivity index (χ0n) is 9.75. The van der Waals surface area contributed by atoms with Crippen LogP contribution in [-0.2, 0) is 27.8 Å². The first-order valence-electron chi connectivity index (χ1n) is 5.21. The summed E-state index contributed by atoms with van der Waals surface area (Å²) < 4.78 is 28.1. The fourth-order valence-electron chi connectivity index (χ4n) is 1.68. The molecule has 0 unspecified atom stereocenters. The molecule has 0 saturated heterocycles. The van der Waals surface area contributed by atoms with Gasteiger partial charge in [0.2, 0.25) is 0 Å². The summed E-state index contributed by atoms with van der Waals surface area (Å²) in [4.78, 5) is 0. The van der Waals surface area contributed by atoms with E-state index < -0.39 is 10.1 Å². The molecular formula is C11H14N2O3S. The van der Waals surface area contributed by atoms with E-state index in [1.807, 2.05) is 25.2 Å². The number of aromatic nitrogens is 2. The average molecular weight is 254 g/mol. The first kappa shape index (κ1) is 12.1. The van der Waals surface area contributed by atoms with Gasteiger partial charge in [-0.15, -0.1) is 0 Å². The van der Waals surface area contributed by atoms with Gasteiger partial charge < -0.3 is 0 Å². The summed E-state index contributed by atoms with van der Waals surface area (Å²) in [5, 5.41) is 5.19. The molecule has 92 valence electrons. The molecule has 1 aromatic carbocycles. The second-order valence-corrected chi connectivity index (χ2v) is 5.58. The molecule has 0 aliphatic heterocycles. The average Bonchev–Trinajstić information content (AvgIpc) is 2.58. The highest BCUT2D eigenvalue weighted by Gasteiger charge is 2.04. The number of benzene rings is 1. The second-order valence-electron chi connectivity index (χ2n) is 3.94. The molecule has 0 radical (unpaired) electrons. The summed E-state index contributed by atoms with van der Waals surface area (Å²) in [6, 6.07) is 5.92. The van der Waals surface area contributed by atoms with Crippen LogP contribution in [0.15, 0.2) is 24.4 Å². The number of hydrogen-bond donors (Lipinski definition) is 0. The zero-order valence-corrected chi connectivity index (χ0v) is 10.6. The molecule has 1 aromatic heterocycles. The first-order chi connectivity index (χ1) is 7.96. The molecule has 0 spiro atoms. The lowest BCUT2D eigenvalue weighted by Gasteiger charge is -2.02. The predicted molar refractivity (Wildman–Crippen MR) is 65.2 cm³/mol. The highest BCUT2D eigenvalue weighted by Crippen LogP contribution is 2.15. The van der Waals surface area contributed by atoms with Gasteiger partial charge in [-0.1, -0.05) is 6.07 Å². The van der Waals surface area contributed by atoms with Gasteiger partial charge in [-0.25, -0.2) is 0 Å². The van der Waals surface area contributed by atoms with Gasteiger partial charge in [0.25, 0.3) is 10.1 Å². The summed E-state index contributed by atoms with van der Waals surface area (Å²) in [5.41, 5.74) is 2.09. The lowest BCUT2D eigenvalue weighted by Crippen LogP contribution is -2.06. The molecule has 17 heavy (non-hydrogen) atoms. The van der Waals surface area contributed by atoms with Crippen molar-refractivity contribution < 1.29 is 12.6 Å². The number of rotatable bonds is 4. The van der Waals surface area contributed by atoms with E-state index in [4.69, 9.17) is 4.18 Å².